The maximum absolute atomic E-state index is 12.6. The molecule has 0 spiro atoms. The van der Waals surface area contributed by atoms with Gasteiger partial charge in [-0.25, -0.2) is 14.4 Å². The lowest BCUT2D eigenvalue weighted by Crippen LogP contribution is -2.45. The molecule has 0 aromatic rings. The second-order valence-electron chi connectivity index (χ2n) is 17.1. The Labute approximate surface area is 461 Å². The number of nitrogens with one attached hydrogen (secondary N) is 2. The van der Waals surface area contributed by atoms with E-state index in [0.717, 1.165) is 6.42 Å². The molecular formula is C48H75N7O25. The zero-order chi connectivity index (χ0) is 61.5. The monoisotopic (exact) mass is 1150 g/mol. The molecule has 0 aromatic heterocycles. The molecule has 0 unspecified atom stereocenters. The molecule has 0 radical (unpaired) electrons. The Hall–Kier alpha value is -8.16. The molecule has 0 aliphatic carbocycles. The van der Waals surface area contributed by atoms with Crippen LogP contribution in [0.5, 0.6) is 0 Å². The maximum Gasteiger partial charge on any atom is 0.407 e. The minimum Gasteiger partial charge on any atom is -0.481 e. The molecule has 3 rings (SSSR count). The normalized spacial score (nSPS) is 13.3. The molecule has 452 valence electrons. The first-order valence-corrected chi connectivity index (χ1v) is 25.3. The lowest BCUT2D eigenvalue weighted by atomic mass is 10.2. The van der Waals surface area contributed by atoms with Crippen molar-refractivity contribution in [2.45, 2.75) is 139 Å². The fourth-order valence-corrected chi connectivity index (χ4v) is 5.66. The van der Waals surface area contributed by atoms with Crippen LogP contribution in [0.2, 0.25) is 0 Å². The van der Waals surface area contributed by atoms with E-state index >= 15 is 0 Å². The molecule has 4 N–H and O–H groups in total. The highest BCUT2D eigenvalue weighted by Gasteiger charge is 2.36. The molecule has 80 heavy (non-hydrogen) atoms. The van der Waals surface area contributed by atoms with E-state index in [2.05, 4.69) is 20.1 Å². The predicted molar refractivity (Wildman–Crippen MR) is 266 cm³/mol. The molecule has 3 aliphatic rings. The fourth-order valence-electron chi connectivity index (χ4n) is 5.66. The van der Waals surface area contributed by atoms with Crippen LogP contribution >= 0.6 is 0 Å². The number of hydrogen-bond donors (Lipinski definition) is 4. The molecule has 3 heterocycles. The number of rotatable bonds is 25. The predicted octanol–water partition coefficient (Wildman–Crippen LogP) is -0.217. The Morgan fingerprint density at radius 3 is 1.10 bits per heavy atom. The second-order valence-corrected chi connectivity index (χ2v) is 17.1. The van der Waals surface area contributed by atoms with Crippen LogP contribution in [-0.2, 0) is 105 Å². The molecule has 0 atom stereocenters. The van der Waals surface area contributed by atoms with Crippen LogP contribution in [0, 0.1) is 0 Å². The molecule has 32 heteroatoms. The van der Waals surface area contributed by atoms with Crippen LogP contribution in [0.3, 0.4) is 0 Å². The number of nitrogens with zero attached hydrogens (tertiary/aromatic N) is 5. The third kappa shape index (κ3) is 34.6. The number of ether oxygens (including phenoxy) is 5. The van der Waals surface area contributed by atoms with Crippen LogP contribution in [0.15, 0.2) is 0 Å². The zero-order valence-electron chi connectivity index (χ0n) is 46.6. The summed E-state index contributed by atoms with van der Waals surface area (Å²) in [4.78, 5) is 193. The first kappa shape index (κ1) is 73.9. The van der Waals surface area contributed by atoms with Gasteiger partial charge in [0.2, 0.25) is 11.8 Å². The smallest absolute Gasteiger partial charge is 0.407 e. The van der Waals surface area contributed by atoms with E-state index < -0.39 is 96.0 Å². The Morgan fingerprint density at radius 1 is 0.487 bits per heavy atom. The van der Waals surface area contributed by atoms with Crippen LogP contribution in [0.1, 0.15) is 133 Å². The summed E-state index contributed by atoms with van der Waals surface area (Å²) in [5.41, 5.74) is -0.775. The van der Waals surface area contributed by atoms with Gasteiger partial charge in [0.05, 0.1) is 39.5 Å². The van der Waals surface area contributed by atoms with Crippen molar-refractivity contribution >= 4 is 95.1 Å². The highest BCUT2D eigenvalue weighted by Crippen LogP contribution is 2.15. The minimum absolute atomic E-state index is 0.0344. The Morgan fingerprint density at radius 2 is 0.812 bits per heavy atom. The van der Waals surface area contributed by atoms with Gasteiger partial charge in [-0.3, -0.25) is 72.9 Å². The van der Waals surface area contributed by atoms with E-state index in [4.69, 9.17) is 34.2 Å². The van der Waals surface area contributed by atoms with Crippen molar-refractivity contribution in [1.29, 1.82) is 0 Å². The summed E-state index contributed by atoms with van der Waals surface area (Å²) in [6.07, 6.45) is 0.505. The molecule has 9 amide bonds. The van der Waals surface area contributed by atoms with Gasteiger partial charge in [0.15, 0.2) is 0 Å². The average Bonchev–Trinajstić information content (AvgIpc) is 3.96. The van der Waals surface area contributed by atoms with E-state index in [9.17, 15) is 76.7 Å². The molecule has 0 bridgehead atoms. The van der Waals surface area contributed by atoms with Crippen molar-refractivity contribution in [2.24, 2.45) is 0 Å². The molecular weight excluding hydrogens is 1070 g/mol. The first-order chi connectivity index (χ1) is 37.5. The van der Waals surface area contributed by atoms with Crippen molar-refractivity contribution < 1.29 is 120 Å². The minimum atomic E-state index is -1.21. The third-order valence-corrected chi connectivity index (χ3v) is 9.10. The number of carbonyl (C=O) groups excluding carboxylic acids is 15. The van der Waals surface area contributed by atoms with Gasteiger partial charge in [0.25, 0.3) is 35.4 Å². The van der Waals surface area contributed by atoms with E-state index in [1.807, 2.05) is 13.8 Å². The number of alkyl carbamates (subject to hydrolysis) is 1. The summed E-state index contributed by atoms with van der Waals surface area (Å²) in [5, 5.41) is 22.0. The summed E-state index contributed by atoms with van der Waals surface area (Å²) in [6, 6.07) is 0. The highest BCUT2D eigenvalue weighted by molar-refractivity contribution is 6.03. The summed E-state index contributed by atoms with van der Waals surface area (Å²) in [7, 11) is 0. The lowest BCUT2D eigenvalue weighted by Gasteiger charge is -2.23. The third-order valence-electron chi connectivity index (χ3n) is 9.10. The summed E-state index contributed by atoms with van der Waals surface area (Å²) >= 11 is 0. The number of hydroxylamine groups is 6. The van der Waals surface area contributed by atoms with E-state index in [-0.39, 0.29) is 124 Å². The van der Waals surface area contributed by atoms with Gasteiger partial charge in [-0.2, -0.15) is 5.06 Å². The number of carboxylic acids is 1. The van der Waals surface area contributed by atoms with E-state index in [1.165, 1.54) is 4.90 Å². The number of carbonyl (C=O) groups is 16. The Kier molecular flexibility index (Phi) is 37.8. The number of hydrogen-bond acceptors (Lipinski definition) is 25. The number of carboxylic acid groups (broad SMARTS) is 1. The summed E-state index contributed by atoms with van der Waals surface area (Å²) in [5.74, 6) is -9.96. The first-order valence-electron chi connectivity index (χ1n) is 25.3. The number of esters is 4. The van der Waals surface area contributed by atoms with Gasteiger partial charge in [0.1, 0.15) is 31.8 Å². The van der Waals surface area contributed by atoms with Crippen molar-refractivity contribution in [3.8, 4) is 0 Å². The molecule has 3 aliphatic heterocycles. The van der Waals surface area contributed by atoms with Gasteiger partial charge in [-0.1, -0.05) is 13.8 Å². The van der Waals surface area contributed by atoms with Crippen LogP contribution < -0.4 is 10.6 Å². The fraction of sp³-hybridized carbons (Fsp3) is 0.667. The Bertz CT molecular complexity index is 2020. The van der Waals surface area contributed by atoms with Gasteiger partial charge < -0.3 is 53.6 Å². The second kappa shape index (κ2) is 41.0. The van der Waals surface area contributed by atoms with Crippen LogP contribution in [-0.4, -0.2) is 208 Å². The quantitative estimate of drug-likeness (QED) is 0.0397. The molecule has 0 saturated carbocycles. The van der Waals surface area contributed by atoms with Crippen LogP contribution in [0.25, 0.3) is 0 Å². The standard InChI is InChI=1S/C20H26N4O11.C12H21NO5.C8H15NO4.C4H5NO3.C4H8O2/c1-20(2,3)33-19(32)21-9-8-12(25)22(10-17(30)34-23-13(26)4-5-14(23)27)11-18(31)35-24-15(28)6-7-16(24)29;1-4-7-10(14)13(8-11(15)17-5-2)9-12(16)18-6-3;1-3-12-7(10)5-9-6-8(11)13-4-2;6-3-1-2-4(7)5(3)8;1-2-3-4(5)6/h4-11H2,1-3H3,(H,21,32);4-9H2,1-3H3;9H,3-6H2,1-2H3;8H,1-2H2;2-3H2,1H3,(H,5,6). The van der Waals surface area contributed by atoms with Crippen molar-refractivity contribution in [1.82, 2.24) is 35.6 Å². The largest absolute Gasteiger partial charge is 0.481 e. The summed E-state index contributed by atoms with van der Waals surface area (Å²) < 4.78 is 23.8. The molecule has 3 saturated heterocycles. The average molecular weight is 1150 g/mol. The number of aliphatic carboxylic acids is 1. The highest BCUT2D eigenvalue weighted by atomic mass is 16.7. The lowest BCUT2D eigenvalue weighted by molar-refractivity contribution is -0.201. The van der Waals surface area contributed by atoms with Crippen molar-refractivity contribution in [2.75, 3.05) is 72.2 Å². The maximum atomic E-state index is 12.6. The van der Waals surface area contributed by atoms with Gasteiger partial charge in [-0.05, 0) is 61.3 Å². The zero-order valence-corrected chi connectivity index (χ0v) is 46.6. The number of imide groups is 3. The molecule has 0 aromatic carbocycles. The van der Waals surface area contributed by atoms with E-state index in [0.29, 0.717) is 37.4 Å². The molecule has 3 fully saturated rings. The number of amides is 9. The topological polar surface area (TPSA) is 418 Å². The van der Waals surface area contributed by atoms with E-state index in [1.54, 1.807) is 48.5 Å². The summed E-state index contributed by atoms with van der Waals surface area (Å²) in [6.45, 7) is 14.3. The SMILES string of the molecule is CC(C)(C)OC(=O)NCCC(=O)N(CC(=O)ON1C(=O)CCC1=O)CC(=O)ON1C(=O)CCC1=O.CCCC(=O)N(CC(=O)OCC)CC(=O)OCC.CCCC(=O)O.CCOC(=O)CNCC(=O)OCC.O=C1CCC(=O)N1O. The van der Waals surface area contributed by atoms with Crippen LogP contribution in [0.4, 0.5) is 4.79 Å². The van der Waals surface area contributed by atoms with Gasteiger partial charge in [0, 0.05) is 64.3 Å². The Balaban J connectivity index is 0. The molecule has 32 nitrogen and oxygen atoms in total. The van der Waals surface area contributed by atoms with Gasteiger partial charge >= 0.3 is 47.9 Å². The van der Waals surface area contributed by atoms with Gasteiger partial charge in [-0.15, -0.1) is 10.1 Å². The van der Waals surface area contributed by atoms with Crippen molar-refractivity contribution in [3.05, 3.63) is 0 Å². The van der Waals surface area contributed by atoms with Crippen molar-refractivity contribution in [3.63, 3.8) is 0 Å².